The van der Waals surface area contributed by atoms with Crippen LogP contribution in [0.2, 0.25) is 5.02 Å². The van der Waals surface area contributed by atoms with Gasteiger partial charge in [0.15, 0.2) is 0 Å². The van der Waals surface area contributed by atoms with E-state index < -0.39 is 0 Å². The molecule has 3 aromatic carbocycles. The van der Waals surface area contributed by atoms with Gasteiger partial charge in [0.1, 0.15) is 5.82 Å². The molecule has 0 bridgehead atoms. The summed E-state index contributed by atoms with van der Waals surface area (Å²) in [6, 6.07) is 22.7. The molecule has 0 radical (unpaired) electrons. The molecule has 0 atom stereocenters. The summed E-state index contributed by atoms with van der Waals surface area (Å²) in [5.74, 6) is 0.619. The van der Waals surface area contributed by atoms with E-state index in [1.54, 1.807) is 22.8 Å². The zero-order chi connectivity index (χ0) is 22.5. The largest absolute Gasteiger partial charge is 0.326 e. The van der Waals surface area contributed by atoms with Crippen LogP contribution in [0.5, 0.6) is 0 Å². The maximum absolute atomic E-state index is 13.6. The van der Waals surface area contributed by atoms with Crippen molar-refractivity contribution in [2.45, 2.75) is 32.7 Å². The number of amides is 1. The molecule has 4 aromatic rings. The Labute approximate surface area is 191 Å². The molecule has 0 fully saturated rings. The number of carbonyl (C=O) groups excluding carboxylic acids is 1. The lowest BCUT2D eigenvalue weighted by atomic mass is 10.1. The molecule has 0 aliphatic carbocycles. The van der Waals surface area contributed by atoms with Crippen LogP contribution in [0.3, 0.4) is 0 Å². The van der Waals surface area contributed by atoms with Crippen LogP contribution in [-0.4, -0.2) is 15.5 Å². The van der Waals surface area contributed by atoms with Crippen LogP contribution < -0.4 is 10.9 Å². The van der Waals surface area contributed by atoms with E-state index in [2.05, 4.69) is 5.32 Å². The van der Waals surface area contributed by atoms with E-state index in [9.17, 15) is 9.59 Å². The highest BCUT2D eigenvalue weighted by Crippen LogP contribution is 2.19. The van der Waals surface area contributed by atoms with Gasteiger partial charge >= 0.3 is 0 Å². The highest BCUT2D eigenvalue weighted by Gasteiger charge is 2.14. The van der Waals surface area contributed by atoms with E-state index in [0.29, 0.717) is 46.8 Å². The van der Waals surface area contributed by atoms with Crippen molar-refractivity contribution in [1.82, 2.24) is 9.55 Å². The van der Waals surface area contributed by atoms with Crippen LogP contribution in [-0.2, 0) is 17.8 Å². The van der Waals surface area contributed by atoms with Crippen molar-refractivity contribution in [3.63, 3.8) is 0 Å². The first-order valence-electron chi connectivity index (χ1n) is 10.6. The molecule has 1 amide bonds. The van der Waals surface area contributed by atoms with E-state index in [1.165, 1.54) is 0 Å². The first-order chi connectivity index (χ1) is 15.5. The number of nitrogens with one attached hydrogen (secondary N) is 1. The minimum Gasteiger partial charge on any atom is -0.326 e. The standard InChI is InChI=1S/C26H24ClN3O2/c1-2-6-25(31)28-21-13-14-23-22(16-21)26(32)30(17-19-9-11-20(27)12-10-19)24(29-23)15-18-7-4-3-5-8-18/h3-5,7-14,16H,2,6,15,17H2,1H3,(H,28,31). The van der Waals surface area contributed by atoms with E-state index in [4.69, 9.17) is 16.6 Å². The highest BCUT2D eigenvalue weighted by molar-refractivity contribution is 6.30. The molecular weight excluding hydrogens is 422 g/mol. The van der Waals surface area contributed by atoms with Gasteiger partial charge in [-0.05, 0) is 47.9 Å². The third kappa shape index (κ3) is 5.06. The summed E-state index contributed by atoms with van der Waals surface area (Å²) in [6.07, 6.45) is 1.74. The molecule has 0 saturated heterocycles. The van der Waals surface area contributed by atoms with Crippen molar-refractivity contribution in [3.05, 3.63) is 105 Å². The lowest BCUT2D eigenvalue weighted by molar-refractivity contribution is -0.116. The normalized spacial score (nSPS) is 10.9. The zero-order valence-electron chi connectivity index (χ0n) is 17.8. The van der Waals surface area contributed by atoms with Gasteiger partial charge in [-0.1, -0.05) is 61.0 Å². The summed E-state index contributed by atoms with van der Waals surface area (Å²) < 4.78 is 1.70. The van der Waals surface area contributed by atoms with Crippen LogP contribution in [0.1, 0.15) is 36.7 Å². The molecule has 0 spiro atoms. The number of benzene rings is 3. The SMILES string of the molecule is CCCC(=O)Nc1ccc2nc(Cc3ccccc3)n(Cc3ccc(Cl)cc3)c(=O)c2c1. The van der Waals surface area contributed by atoms with Crippen molar-refractivity contribution in [3.8, 4) is 0 Å². The molecule has 0 unspecified atom stereocenters. The second-order valence-electron chi connectivity index (χ2n) is 7.74. The number of aromatic nitrogens is 2. The predicted octanol–water partition coefficient (Wildman–Crippen LogP) is 5.43. The molecule has 4 rings (SSSR count). The third-order valence-corrected chi connectivity index (χ3v) is 5.50. The van der Waals surface area contributed by atoms with E-state index in [0.717, 1.165) is 17.5 Å². The lowest BCUT2D eigenvalue weighted by Crippen LogP contribution is -2.26. The Morgan fingerprint density at radius 2 is 1.75 bits per heavy atom. The Balaban J connectivity index is 1.79. The highest BCUT2D eigenvalue weighted by atomic mass is 35.5. The van der Waals surface area contributed by atoms with Gasteiger partial charge in [0.2, 0.25) is 5.91 Å². The first kappa shape index (κ1) is 21.8. The van der Waals surface area contributed by atoms with Crippen LogP contribution in [0.25, 0.3) is 10.9 Å². The van der Waals surface area contributed by atoms with Crippen molar-refractivity contribution >= 4 is 34.1 Å². The number of hydrogen-bond donors (Lipinski definition) is 1. The maximum atomic E-state index is 13.6. The number of halogens is 1. The van der Waals surface area contributed by atoms with Gasteiger partial charge in [-0.15, -0.1) is 0 Å². The lowest BCUT2D eigenvalue weighted by Gasteiger charge is -2.15. The summed E-state index contributed by atoms with van der Waals surface area (Å²) in [6.45, 7) is 2.33. The van der Waals surface area contributed by atoms with Crippen molar-refractivity contribution in [1.29, 1.82) is 0 Å². The Kier molecular flexibility index (Phi) is 6.66. The monoisotopic (exact) mass is 445 g/mol. The van der Waals surface area contributed by atoms with Gasteiger partial charge in [-0.3, -0.25) is 14.2 Å². The van der Waals surface area contributed by atoms with Crippen molar-refractivity contribution in [2.24, 2.45) is 0 Å². The molecular formula is C26H24ClN3O2. The average molecular weight is 446 g/mol. The fourth-order valence-electron chi connectivity index (χ4n) is 3.64. The van der Waals surface area contributed by atoms with E-state index in [1.807, 2.05) is 61.5 Å². The summed E-state index contributed by atoms with van der Waals surface area (Å²) in [4.78, 5) is 30.4. The van der Waals surface area contributed by atoms with Gasteiger partial charge in [0.25, 0.3) is 5.56 Å². The van der Waals surface area contributed by atoms with Crippen LogP contribution in [0, 0.1) is 0 Å². The van der Waals surface area contributed by atoms with E-state index in [-0.39, 0.29) is 11.5 Å². The Hall–Kier alpha value is -3.44. The van der Waals surface area contributed by atoms with Crippen molar-refractivity contribution in [2.75, 3.05) is 5.32 Å². The number of rotatable bonds is 7. The molecule has 1 heterocycles. The molecule has 1 N–H and O–H groups in total. The average Bonchev–Trinajstić information content (AvgIpc) is 2.79. The summed E-state index contributed by atoms with van der Waals surface area (Å²) in [7, 11) is 0. The predicted molar refractivity (Wildman–Crippen MR) is 129 cm³/mol. The van der Waals surface area contributed by atoms with Gasteiger partial charge in [-0.2, -0.15) is 0 Å². The fraction of sp³-hybridized carbons (Fsp3) is 0.192. The zero-order valence-corrected chi connectivity index (χ0v) is 18.6. The fourth-order valence-corrected chi connectivity index (χ4v) is 3.77. The number of nitrogens with zero attached hydrogens (tertiary/aromatic N) is 2. The Morgan fingerprint density at radius 1 is 1.00 bits per heavy atom. The summed E-state index contributed by atoms with van der Waals surface area (Å²) >= 11 is 6.03. The van der Waals surface area contributed by atoms with Crippen molar-refractivity contribution < 1.29 is 4.79 Å². The Morgan fingerprint density at radius 3 is 2.47 bits per heavy atom. The molecule has 162 valence electrons. The number of carbonyl (C=O) groups is 1. The number of hydrogen-bond acceptors (Lipinski definition) is 3. The van der Waals surface area contributed by atoms with Crippen LogP contribution >= 0.6 is 11.6 Å². The summed E-state index contributed by atoms with van der Waals surface area (Å²) in [5, 5.41) is 3.99. The quantitative estimate of drug-likeness (QED) is 0.412. The topological polar surface area (TPSA) is 64.0 Å². The number of fused-ring (bicyclic) bond motifs is 1. The van der Waals surface area contributed by atoms with Gasteiger partial charge < -0.3 is 5.32 Å². The molecule has 5 nitrogen and oxygen atoms in total. The minimum absolute atomic E-state index is 0.0676. The Bertz CT molecular complexity index is 1300. The van der Waals surface area contributed by atoms with Crippen LogP contribution in [0.15, 0.2) is 77.6 Å². The second-order valence-corrected chi connectivity index (χ2v) is 8.17. The van der Waals surface area contributed by atoms with Gasteiger partial charge in [0, 0.05) is 23.6 Å². The minimum atomic E-state index is -0.137. The maximum Gasteiger partial charge on any atom is 0.261 e. The van der Waals surface area contributed by atoms with Gasteiger partial charge in [-0.25, -0.2) is 4.98 Å². The summed E-state index contributed by atoms with van der Waals surface area (Å²) in [5.41, 5.74) is 3.11. The molecule has 6 heteroatoms. The van der Waals surface area contributed by atoms with Gasteiger partial charge in [0.05, 0.1) is 17.4 Å². The molecule has 0 aliphatic heterocycles. The molecule has 0 saturated carbocycles. The van der Waals surface area contributed by atoms with E-state index >= 15 is 0 Å². The smallest absolute Gasteiger partial charge is 0.261 e. The molecule has 0 aliphatic rings. The molecule has 1 aromatic heterocycles. The third-order valence-electron chi connectivity index (χ3n) is 5.25. The first-order valence-corrected chi connectivity index (χ1v) is 11.0. The second kappa shape index (κ2) is 9.79. The van der Waals surface area contributed by atoms with Crippen LogP contribution in [0.4, 0.5) is 5.69 Å². The molecule has 32 heavy (non-hydrogen) atoms. The number of anilines is 1.